The Balaban J connectivity index is 1.52. The quantitative estimate of drug-likeness (QED) is 0.531. The molecule has 3 aromatic rings. The molecule has 7 nitrogen and oxygen atoms in total. The SMILES string of the molecule is COCCC(=O)N1CCN(c2nc(C3CC3)c(-c3cccc4cnc(C)cc34)cc2C#N)C[C@H]1C. The number of hydrogen-bond donors (Lipinski definition) is 0. The van der Waals surface area contributed by atoms with Crippen molar-refractivity contribution in [2.24, 2.45) is 0 Å². The number of aryl methyl sites for hydroxylation is 1. The van der Waals surface area contributed by atoms with Gasteiger partial charge in [0.25, 0.3) is 0 Å². The summed E-state index contributed by atoms with van der Waals surface area (Å²) in [5, 5.41) is 12.3. The van der Waals surface area contributed by atoms with Crippen LogP contribution in [0.2, 0.25) is 0 Å². The summed E-state index contributed by atoms with van der Waals surface area (Å²) in [6, 6.07) is 12.8. The number of rotatable bonds is 6. The number of ether oxygens (including phenoxy) is 1. The molecule has 3 heterocycles. The van der Waals surface area contributed by atoms with Crippen molar-refractivity contribution in [2.45, 2.75) is 45.1 Å². The van der Waals surface area contributed by atoms with Gasteiger partial charge in [-0.3, -0.25) is 9.78 Å². The molecular weight excluding hydrogens is 438 g/mol. The standard InChI is InChI=1S/C28H31N5O2/c1-18-13-24-21(16-30-18)5-4-6-23(24)25-14-22(15-29)28(31-27(25)20-7-8-20)32-10-11-33(19(2)17-32)26(34)9-12-35-3/h4-6,13-14,16,19-20H,7-12,17H2,1-3H3/t19-/m1/s1. The zero-order valence-electron chi connectivity index (χ0n) is 20.6. The number of hydrogen-bond acceptors (Lipinski definition) is 6. The molecule has 2 fully saturated rings. The maximum atomic E-state index is 12.6. The van der Waals surface area contributed by atoms with Crippen LogP contribution in [-0.4, -0.2) is 60.2 Å². The Morgan fingerprint density at radius 3 is 2.77 bits per heavy atom. The number of pyridine rings is 2. The number of benzene rings is 1. The molecule has 180 valence electrons. The van der Waals surface area contributed by atoms with Crippen molar-refractivity contribution in [3.8, 4) is 17.2 Å². The number of fused-ring (bicyclic) bond motifs is 1. The Kier molecular flexibility index (Phi) is 6.40. The van der Waals surface area contributed by atoms with E-state index in [1.54, 1.807) is 7.11 Å². The molecule has 1 saturated heterocycles. The number of aromatic nitrogens is 2. The van der Waals surface area contributed by atoms with Gasteiger partial charge in [-0.1, -0.05) is 18.2 Å². The lowest BCUT2D eigenvalue weighted by Gasteiger charge is -2.41. The van der Waals surface area contributed by atoms with Crippen LogP contribution in [0, 0.1) is 18.3 Å². The summed E-state index contributed by atoms with van der Waals surface area (Å²) in [4.78, 5) is 26.3. The highest BCUT2D eigenvalue weighted by Crippen LogP contribution is 2.46. The predicted molar refractivity (Wildman–Crippen MR) is 136 cm³/mol. The molecule has 1 amide bonds. The number of nitriles is 1. The van der Waals surface area contributed by atoms with Crippen LogP contribution in [0.5, 0.6) is 0 Å². The summed E-state index contributed by atoms with van der Waals surface area (Å²) in [5.74, 6) is 1.28. The van der Waals surface area contributed by atoms with E-state index in [9.17, 15) is 10.1 Å². The molecule has 1 aliphatic heterocycles. The largest absolute Gasteiger partial charge is 0.384 e. The van der Waals surface area contributed by atoms with Crippen molar-refractivity contribution in [3.05, 3.63) is 53.5 Å². The van der Waals surface area contributed by atoms with Gasteiger partial charge in [0.2, 0.25) is 5.91 Å². The molecule has 0 bridgehead atoms. The topological polar surface area (TPSA) is 82.3 Å². The number of anilines is 1. The van der Waals surface area contributed by atoms with Crippen LogP contribution < -0.4 is 4.90 Å². The summed E-state index contributed by atoms with van der Waals surface area (Å²) in [6.07, 6.45) is 4.54. The molecule has 2 aromatic heterocycles. The van der Waals surface area contributed by atoms with Gasteiger partial charge in [-0.15, -0.1) is 0 Å². The first-order valence-corrected chi connectivity index (χ1v) is 12.3. The van der Waals surface area contributed by atoms with Gasteiger partial charge in [0, 0.05) is 61.5 Å². The number of nitrogens with zero attached hydrogens (tertiary/aromatic N) is 5. The van der Waals surface area contributed by atoms with Crippen LogP contribution in [0.4, 0.5) is 5.82 Å². The zero-order chi connectivity index (χ0) is 24.5. The zero-order valence-corrected chi connectivity index (χ0v) is 20.6. The second kappa shape index (κ2) is 9.63. The molecule has 2 aliphatic rings. The average Bonchev–Trinajstić information content (AvgIpc) is 3.71. The van der Waals surface area contributed by atoms with Gasteiger partial charge in [0.15, 0.2) is 0 Å². The molecule has 0 radical (unpaired) electrons. The predicted octanol–water partition coefficient (Wildman–Crippen LogP) is 4.43. The molecule has 1 aliphatic carbocycles. The van der Waals surface area contributed by atoms with Crippen molar-refractivity contribution in [1.29, 1.82) is 5.26 Å². The van der Waals surface area contributed by atoms with E-state index in [0.717, 1.165) is 51.9 Å². The summed E-state index contributed by atoms with van der Waals surface area (Å²) in [6.45, 7) is 6.43. The van der Waals surface area contributed by atoms with Crippen LogP contribution in [0.25, 0.3) is 21.9 Å². The summed E-state index contributed by atoms with van der Waals surface area (Å²) in [5.41, 5.74) is 4.78. The normalized spacial score (nSPS) is 18.1. The van der Waals surface area contributed by atoms with Crippen molar-refractivity contribution in [2.75, 3.05) is 38.3 Å². The Bertz CT molecular complexity index is 1310. The van der Waals surface area contributed by atoms with Gasteiger partial charge in [-0.25, -0.2) is 4.98 Å². The fourth-order valence-corrected chi connectivity index (χ4v) is 5.09. The highest BCUT2D eigenvalue weighted by Gasteiger charge is 2.33. The van der Waals surface area contributed by atoms with E-state index in [-0.39, 0.29) is 11.9 Å². The fourth-order valence-electron chi connectivity index (χ4n) is 5.09. The molecular formula is C28H31N5O2. The van der Waals surface area contributed by atoms with E-state index >= 15 is 0 Å². The number of methoxy groups -OCH3 is 1. The van der Waals surface area contributed by atoms with E-state index in [2.05, 4.69) is 41.1 Å². The van der Waals surface area contributed by atoms with Crippen molar-refractivity contribution < 1.29 is 9.53 Å². The lowest BCUT2D eigenvalue weighted by Crippen LogP contribution is -2.54. The highest BCUT2D eigenvalue weighted by molar-refractivity contribution is 5.97. The second-order valence-electron chi connectivity index (χ2n) is 9.66. The number of amides is 1. The Labute approximate surface area is 206 Å². The molecule has 5 rings (SSSR count). The Morgan fingerprint density at radius 1 is 1.23 bits per heavy atom. The monoisotopic (exact) mass is 469 g/mol. The maximum Gasteiger partial charge on any atom is 0.225 e. The highest BCUT2D eigenvalue weighted by atomic mass is 16.5. The summed E-state index contributed by atoms with van der Waals surface area (Å²) in [7, 11) is 1.61. The first-order valence-electron chi connectivity index (χ1n) is 12.3. The van der Waals surface area contributed by atoms with E-state index < -0.39 is 0 Å². The van der Waals surface area contributed by atoms with Crippen LogP contribution in [0.1, 0.15) is 49.1 Å². The molecule has 0 spiro atoms. The van der Waals surface area contributed by atoms with Crippen LogP contribution in [0.3, 0.4) is 0 Å². The third kappa shape index (κ3) is 4.59. The molecule has 0 unspecified atom stereocenters. The maximum absolute atomic E-state index is 12.6. The van der Waals surface area contributed by atoms with E-state index in [1.807, 2.05) is 30.2 Å². The van der Waals surface area contributed by atoms with Crippen LogP contribution >= 0.6 is 0 Å². The number of piperazine rings is 1. The third-order valence-electron chi connectivity index (χ3n) is 7.07. The van der Waals surface area contributed by atoms with E-state index in [4.69, 9.17) is 9.72 Å². The molecule has 0 N–H and O–H groups in total. The average molecular weight is 470 g/mol. The minimum Gasteiger partial charge on any atom is -0.384 e. The third-order valence-corrected chi connectivity index (χ3v) is 7.07. The lowest BCUT2D eigenvalue weighted by atomic mass is 9.94. The minimum atomic E-state index is 0.0408. The number of carbonyl (C=O) groups excluding carboxylic acids is 1. The number of carbonyl (C=O) groups is 1. The minimum absolute atomic E-state index is 0.0408. The van der Waals surface area contributed by atoms with Gasteiger partial charge in [0.05, 0.1) is 24.3 Å². The van der Waals surface area contributed by atoms with Gasteiger partial charge in [-0.05, 0) is 49.8 Å². The Hall–Kier alpha value is -3.50. The van der Waals surface area contributed by atoms with Gasteiger partial charge in [0.1, 0.15) is 11.9 Å². The molecule has 35 heavy (non-hydrogen) atoms. The molecule has 1 aromatic carbocycles. The van der Waals surface area contributed by atoms with E-state index in [0.29, 0.717) is 44.1 Å². The van der Waals surface area contributed by atoms with Crippen molar-refractivity contribution >= 4 is 22.5 Å². The lowest BCUT2D eigenvalue weighted by molar-refractivity contribution is -0.134. The first-order chi connectivity index (χ1) is 17.0. The fraction of sp³-hybridized carbons (Fsp3) is 0.429. The summed E-state index contributed by atoms with van der Waals surface area (Å²) < 4.78 is 5.07. The van der Waals surface area contributed by atoms with Crippen molar-refractivity contribution in [3.63, 3.8) is 0 Å². The molecule has 1 atom stereocenters. The summed E-state index contributed by atoms with van der Waals surface area (Å²) >= 11 is 0. The first kappa shape index (κ1) is 23.3. The van der Waals surface area contributed by atoms with Crippen LogP contribution in [0.15, 0.2) is 36.5 Å². The Morgan fingerprint density at radius 2 is 2.06 bits per heavy atom. The van der Waals surface area contributed by atoms with Crippen LogP contribution in [-0.2, 0) is 9.53 Å². The van der Waals surface area contributed by atoms with E-state index in [1.165, 1.54) is 0 Å². The molecule has 1 saturated carbocycles. The molecule has 7 heteroatoms. The van der Waals surface area contributed by atoms with Gasteiger partial charge < -0.3 is 14.5 Å². The second-order valence-corrected chi connectivity index (χ2v) is 9.66. The smallest absolute Gasteiger partial charge is 0.225 e. The van der Waals surface area contributed by atoms with Gasteiger partial charge in [-0.2, -0.15) is 5.26 Å². The van der Waals surface area contributed by atoms with Gasteiger partial charge >= 0.3 is 0 Å². The van der Waals surface area contributed by atoms with Crippen molar-refractivity contribution in [1.82, 2.24) is 14.9 Å².